The molecule has 0 spiro atoms. The van der Waals surface area contributed by atoms with Crippen molar-refractivity contribution in [3.05, 3.63) is 78.4 Å². The second kappa shape index (κ2) is 11.5. The molecule has 198 valence electrons. The zero-order chi connectivity index (χ0) is 27.3. The second-order valence-electron chi connectivity index (χ2n) is 8.74. The largest absolute Gasteiger partial charge is 0.494 e. The number of nitrogens with zero attached hydrogens (tertiary/aromatic N) is 3. The van der Waals surface area contributed by atoms with E-state index in [0.717, 1.165) is 34.5 Å². The Hall–Kier alpha value is -4.21. The lowest BCUT2D eigenvalue weighted by Gasteiger charge is -2.12. The van der Waals surface area contributed by atoms with E-state index in [1.807, 2.05) is 56.4 Å². The van der Waals surface area contributed by atoms with Crippen molar-refractivity contribution in [2.45, 2.75) is 32.4 Å². The summed E-state index contributed by atoms with van der Waals surface area (Å²) in [5, 5.41) is 8.30. The van der Waals surface area contributed by atoms with Crippen LogP contribution in [0.25, 0.3) is 22.0 Å². The number of aromatic nitrogens is 3. The molecule has 1 N–H and O–H groups in total. The normalized spacial score (nSPS) is 16.3. The number of benzene rings is 2. The molecule has 38 heavy (non-hydrogen) atoms. The van der Waals surface area contributed by atoms with Gasteiger partial charge in [0.05, 0.1) is 24.3 Å². The van der Waals surface area contributed by atoms with E-state index in [1.54, 1.807) is 0 Å². The molecule has 4 aromatic rings. The predicted molar refractivity (Wildman–Crippen MR) is 135 cm³/mol. The van der Waals surface area contributed by atoms with Gasteiger partial charge in [-0.1, -0.05) is 36.4 Å². The number of hydrogen-bond donors (Lipinski definition) is 1. The van der Waals surface area contributed by atoms with Crippen LogP contribution in [0.4, 0.5) is 13.2 Å². The quantitative estimate of drug-likeness (QED) is 0.306. The van der Waals surface area contributed by atoms with E-state index in [9.17, 15) is 13.2 Å². The maximum Gasteiger partial charge on any atom is 0.490 e. The van der Waals surface area contributed by atoms with Crippen LogP contribution in [-0.4, -0.2) is 45.4 Å². The molecule has 10 heteroatoms. The highest BCUT2D eigenvalue weighted by Crippen LogP contribution is 2.47. The first-order chi connectivity index (χ1) is 18.2. The van der Waals surface area contributed by atoms with Crippen LogP contribution in [-0.2, 0) is 4.79 Å². The molecule has 1 saturated carbocycles. The SMILES string of the molecule is CCOc1cccc(-c2cnc(C)nc2OC[C@H]2C[C@@H]2c2ccc3ccccc3n2)c1.O=C(O)C(F)(F)F. The Morgan fingerprint density at radius 3 is 2.55 bits per heavy atom. The van der Waals surface area contributed by atoms with Crippen LogP contribution < -0.4 is 9.47 Å². The van der Waals surface area contributed by atoms with Gasteiger partial charge in [0, 0.05) is 29.1 Å². The smallest absolute Gasteiger partial charge is 0.490 e. The molecule has 2 atom stereocenters. The number of para-hydroxylation sites is 1. The zero-order valence-electron chi connectivity index (χ0n) is 20.8. The molecule has 1 aliphatic rings. The predicted octanol–water partition coefficient (Wildman–Crippen LogP) is 6.21. The average molecular weight is 526 g/mol. The summed E-state index contributed by atoms with van der Waals surface area (Å²) in [4.78, 5) is 22.7. The molecule has 0 amide bonds. The number of carboxylic acids is 1. The summed E-state index contributed by atoms with van der Waals surface area (Å²) < 4.78 is 43.6. The molecule has 1 fully saturated rings. The minimum absolute atomic E-state index is 0.442. The lowest BCUT2D eigenvalue weighted by molar-refractivity contribution is -0.192. The fourth-order valence-electron chi connectivity index (χ4n) is 3.95. The van der Waals surface area contributed by atoms with E-state index in [0.29, 0.717) is 36.8 Å². The number of ether oxygens (including phenoxy) is 2. The van der Waals surface area contributed by atoms with E-state index in [1.165, 1.54) is 5.39 Å². The number of fused-ring (bicyclic) bond motifs is 1. The summed E-state index contributed by atoms with van der Waals surface area (Å²) in [6, 6.07) is 20.5. The summed E-state index contributed by atoms with van der Waals surface area (Å²) in [6.07, 6.45) is -2.16. The lowest BCUT2D eigenvalue weighted by Crippen LogP contribution is -2.21. The van der Waals surface area contributed by atoms with Crippen molar-refractivity contribution in [3.63, 3.8) is 0 Å². The number of carbonyl (C=O) groups is 1. The Morgan fingerprint density at radius 1 is 1.05 bits per heavy atom. The topological polar surface area (TPSA) is 94.4 Å². The van der Waals surface area contributed by atoms with Crippen LogP contribution in [0.1, 0.15) is 30.8 Å². The van der Waals surface area contributed by atoms with Crippen LogP contribution in [0.5, 0.6) is 11.6 Å². The number of rotatable bonds is 7. The van der Waals surface area contributed by atoms with Crippen LogP contribution in [0.2, 0.25) is 0 Å². The van der Waals surface area contributed by atoms with Crippen LogP contribution in [0, 0.1) is 12.8 Å². The van der Waals surface area contributed by atoms with Gasteiger partial charge < -0.3 is 14.6 Å². The lowest BCUT2D eigenvalue weighted by atomic mass is 10.1. The molecule has 0 aliphatic heterocycles. The summed E-state index contributed by atoms with van der Waals surface area (Å²) in [7, 11) is 0. The van der Waals surface area contributed by atoms with Crippen molar-refractivity contribution in [2.75, 3.05) is 13.2 Å². The Bertz CT molecular complexity index is 1430. The fourth-order valence-corrected chi connectivity index (χ4v) is 3.95. The van der Waals surface area contributed by atoms with Gasteiger partial charge in [-0.05, 0) is 50.1 Å². The molecular weight excluding hydrogens is 499 g/mol. The number of aryl methyl sites for hydroxylation is 1. The van der Waals surface area contributed by atoms with E-state index in [-0.39, 0.29) is 0 Å². The minimum atomic E-state index is -5.08. The highest BCUT2D eigenvalue weighted by molar-refractivity contribution is 5.78. The Morgan fingerprint density at radius 2 is 1.82 bits per heavy atom. The molecule has 0 radical (unpaired) electrons. The van der Waals surface area contributed by atoms with Crippen LogP contribution in [0.3, 0.4) is 0 Å². The third-order valence-electron chi connectivity index (χ3n) is 5.93. The van der Waals surface area contributed by atoms with Crippen molar-refractivity contribution >= 4 is 16.9 Å². The number of carboxylic acid groups (broad SMARTS) is 1. The average Bonchev–Trinajstić information content (AvgIpc) is 3.67. The van der Waals surface area contributed by atoms with Crippen molar-refractivity contribution in [2.24, 2.45) is 5.92 Å². The molecule has 0 saturated heterocycles. The standard InChI is InChI=1S/C26H25N3O2.C2HF3O2/c1-3-30-21-9-6-8-19(13-21)23-15-27-17(2)28-26(23)31-16-20-14-22(20)25-12-11-18-7-4-5-10-24(18)29-25;3-2(4,5)1(6)7/h4-13,15,20,22H,3,14,16H2,1-2H3;(H,6,7)/t20-,22+;/m1./s1. The van der Waals surface area contributed by atoms with Gasteiger partial charge in [0.25, 0.3) is 0 Å². The third-order valence-corrected chi connectivity index (χ3v) is 5.93. The van der Waals surface area contributed by atoms with Gasteiger partial charge in [0.2, 0.25) is 5.88 Å². The number of alkyl halides is 3. The zero-order valence-corrected chi connectivity index (χ0v) is 20.8. The number of halogens is 3. The molecule has 0 unspecified atom stereocenters. The molecular formula is C28H26F3N3O4. The highest BCUT2D eigenvalue weighted by Gasteiger charge is 2.40. The van der Waals surface area contributed by atoms with Crippen molar-refractivity contribution in [1.29, 1.82) is 0 Å². The van der Waals surface area contributed by atoms with Gasteiger partial charge in [-0.2, -0.15) is 18.2 Å². The first-order valence-electron chi connectivity index (χ1n) is 12.0. The molecule has 2 heterocycles. The number of aliphatic carboxylic acids is 1. The van der Waals surface area contributed by atoms with Crippen molar-refractivity contribution < 1.29 is 32.5 Å². The second-order valence-corrected chi connectivity index (χ2v) is 8.74. The highest BCUT2D eigenvalue weighted by atomic mass is 19.4. The van der Waals surface area contributed by atoms with Crippen molar-refractivity contribution in [3.8, 4) is 22.8 Å². The van der Waals surface area contributed by atoms with Gasteiger partial charge >= 0.3 is 12.1 Å². The van der Waals surface area contributed by atoms with Crippen molar-refractivity contribution in [1.82, 2.24) is 15.0 Å². The molecule has 2 aromatic carbocycles. The van der Waals surface area contributed by atoms with Crippen LogP contribution >= 0.6 is 0 Å². The van der Waals surface area contributed by atoms with Crippen LogP contribution in [0.15, 0.2) is 66.9 Å². The summed E-state index contributed by atoms with van der Waals surface area (Å²) >= 11 is 0. The Kier molecular flexibility index (Phi) is 8.09. The van der Waals surface area contributed by atoms with E-state index in [2.05, 4.69) is 34.2 Å². The molecule has 5 rings (SSSR count). The third kappa shape index (κ3) is 6.76. The van der Waals surface area contributed by atoms with E-state index in [4.69, 9.17) is 24.4 Å². The van der Waals surface area contributed by atoms with Gasteiger partial charge in [-0.25, -0.2) is 9.78 Å². The van der Waals surface area contributed by atoms with E-state index >= 15 is 0 Å². The Balaban J connectivity index is 0.000000426. The van der Waals surface area contributed by atoms with E-state index < -0.39 is 12.1 Å². The fraction of sp³-hybridized carbons (Fsp3) is 0.286. The van der Waals surface area contributed by atoms with Gasteiger partial charge in [-0.15, -0.1) is 0 Å². The first-order valence-corrected chi connectivity index (χ1v) is 12.0. The Labute approximate surface area is 217 Å². The molecule has 2 aromatic heterocycles. The molecule has 0 bridgehead atoms. The molecule has 1 aliphatic carbocycles. The maximum absolute atomic E-state index is 10.6. The monoisotopic (exact) mass is 525 g/mol. The first kappa shape index (κ1) is 26.8. The summed E-state index contributed by atoms with van der Waals surface area (Å²) in [5.74, 6) is 0.286. The summed E-state index contributed by atoms with van der Waals surface area (Å²) in [6.45, 7) is 5.11. The number of pyridine rings is 1. The minimum Gasteiger partial charge on any atom is -0.494 e. The molecule has 7 nitrogen and oxygen atoms in total. The van der Waals surface area contributed by atoms with Gasteiger partial charge in [-0.3, -0.25) is 4.98 Å². The van der Waals surface area contributed by atoms with Gasteiger partial charge in [0.15, 0.2) is 0 Å². The maximum atomic E-state index is 10.6. The summed E-state index contributed by atoms with van der Waals surface area (Å²) in [5.41, 5.74) is 4.07. The number of hydrogen-bond acceptors (Lipinski definition) is 6. The van der Waals surface area contributed by atoms with Gasteiger partial charge in [0.1, 0.15) is 11.6 Å².